The number of primary amides is 1. The second kappa shape index (κ2) is 20.1. The van der Waals surface area contributed by atoms with Gasteiger partial charge in [-0.1, -0.05) is 84.0 Å². The van der Waals surface area contributed by atoms with Crippen LogP contribution in [0.4, 0.5) is 0 Å². The third-order valence-electron chi connectivity index (χ3n) is 4.51. The minimum absolute atomic E-state index is 0.179. The van der Waals surface area contributed by atoms with Gasteiger partial charge in [-0.2, -0.15) is 0 Å². The molecule has 0 aliphatic carbocycles. The smallest absolute Gasteiger partial charge is 0.217 e. The van der Waals surface area contributed by atoms with E-state index in [1.165, 1.54) is 77.0 Å². The Bertz CT molecular complexity index is 327. The summed E-state index contributed by atoms with van der Waals surface area (Å²) in [6, 6.07) is 0. The van der Waals surface area contributed by atoms with Crippen molar-refractivity contribution in [2.24, 2.45) is 5.73 Å². The zero-order valence-electron chi connectivity index (χ0n) is 16.2. The van der Waals surface area contributed by atoms with Gasteiger partial charge < -0.3 is 5.73 Å². The van der Waals surface area contributed by atoms with E-state index in [2.05, 4.69) is 18.8 Å². The van der Waals surface area contributed by atoms with Crippen LogP contribution in [0, 0.1) is 11.8 Å². The number of unbranched alkanes of at least 4 members (excludes halogenated alkanes) is 15. The van der Waals surface area contributed by atoms with Gasteiger partial charge in [-0.05, 0) is 19.3 Å². The van der Waals surface area contributed by atoms with Gasteiger partial charge in [0.15, 0.2) is 0 Å². The van der Waals surface area contributed by atoms with Crippen LogP contribution in [0.5, 0.6) is 0 Å². The topological polar surface area (TPSA) is 43.1 Å². The van der Waals surface area contributed by atoms with Crippen LogP contribution in [0.15, 0.2) is 0 Å². The van der Waals surface area contributed by atoms with E-state index < -0.39 is 0 Å². The van der Waals surface area contributed by atoms with E-state index in [1.807, 2.05) is 0 Å². The van der Waals surface area contributed by atoms with Gasteiger partial charge >= 0.3 is 0 Å². The fourth-order valence-corrected chi connectivity index (χ4v) is 2.92. The molecule has 2 N–H and O–H groups in total. The molecule has 0 bridgehead atoms. The standard InChI is InChI=1S/C22H41NO/c1-2-3-4-5-6-7-8-9-10-11-12-13-14-15-16-17-18-19-20-21-22(23)24/h2-13,16-21H2,1H3,(H2,23,24). The SMILES string of the molecule is CCCCCCCCCCCCCC#CCCCCCCC(N)=O. The van der Waals surface area contributed by atoms with Crippen molar-refractivity contribution in [1.29, 1.82) is 0 Å². The molecule has 0 atom stereocenters. The first-order chi connectivity index (χ1) is 11.8. The van der Waals surface area contributed by atoms with Crippen molar-refractivity contribution in [3.8, 4) is 11.8 Å². The monoisotopic (exact) mass is 335 g/mol. The number of amides is 1. The average molecular weight is 336 g/mol. The van der Waals surface area contributed by atoms with Crippen molar-refractivity contribution < 1.29 is 4.79 Å². The zero-order valence-corrected chi connectivity index (χ0v) is 16.2. The Morgan fingerprint density at radius 2 is 1.00 bits per heavy atom. The van der Waals surface area contributed by atoms with Crippen LogP contribution in [-0.4, -0.2) is 5.91 Å². The molecule has 1 amide bonds. The molecule has 2 heteroatoms. The predicted octanol–water partition coefficient (Wildman–Crippen LogP) is 6.52. The molecule has 2 nitrogen and oxygen atoms in total. The van der Waals surface area contributed by atoms with E-state index in [0.717, 1.165) is 32.1 Å². The van der Waals surface area contributed by atoms with Gasteiger partial charge in [0.1, 0.15) is 0 Å². The van der Waals surface area contributed by atoms with Gasteiger partial charge in [0.25, 0.3) is 0 Å². The molecule has 0 aliphatic rings. The molecule has 0 spiro atoms. The number of rotatable bonds is 17. The fraction of sp³-hybridized carbons (Fsp3) is 0.864. The third kappa shape index (κ3) is 21.0. The normalized spacial score (nSPS) is 10.4. The highest BCUT2D eigenvalue weighted by Crippen LogP contribution is 2.11. The second-order valence-electron chi connectivity index (χ2n) is 7.02. The zero-order chi connectivity index (χ0) is 17.7. The van der Waals surface area contributed by atoms with Crippen LogP contribution in [0.2, 0.25) is 0 Å². The molecule has 0 aromatic rings. The summed E-state index contributed by atoms with van der Waals surface area (Å²) in [6.07, 6.45) is 22.3. The summed E-state index contributed by atoms with van der Waals surface area (Å²) < 4.78 is 0. The Balaban J connectivity index is 3.10. The maximum atomic E-state index is 10.6. The van der Waals surface area contributed by atoms with Crippen molar-refractivity contribution in [2.45, 2.75) is 122 Å². The summed E-state index contributed by atoms with van der Waals surface area (Å²) in [5.41, 5.74) is 5.11. The van der Waals surface area contributed by atoms with E-state index in [1.54, 1.807) is 0 Å². The third-order valence-corrected chi connectivity index (χ3v) is 4.51. The van der Waals surface area contributed by atoms with E-state index in [4.69, 9.17) is 5.73 Å². The lowest BCUT2D eigenvalue weighted by atomic mass is 10.1. The molecule has 0 radical (unpaired) electrons. The lowest BCUT2D eigenvalue weighted by Crippen LogP contribution is -2.09. The van der Waals surface area contributed by atoms with E-state index in [9.17, 15) is 4.79 Å². The summed E-state index contributed by atoms with van der Waals surface area (Å²) in [7, 11) is 0. The van der Waals surface area contributed by atoms with Crippen molar-refractivity contribution in [1.82, 2.24) is 0 Å². The van der Waals surface area contributed by atoms with Crippen molar-refractivity contribution in [3.05, 3.63) is 0 Å². The number of hydrogen-bond acceptors (Lipinski definition) is 1. The van der Waals surface area contributed by atoms with Gasteiger partial charge in [0.05, 0.1) is 0 Å². The molecular formula is C22H41NO. The maximum absolute atomic E-state index is 10.6. The van der Waals surface area contributed by atoms with Crippen LogP contribution < -0.4 is 5.73 Å². The molecule has 0 unspecified atom stereocenters. The van der Waals surface area contributed by atoms with Crippen molar-refractivity contribution in [2.75, 3.05) is 0 Å². The first kappa shape index (κ1) is 23.0. The van der Waals surface area contributed by atoms with Gasteiger partial charge in [-0.3, -0.25) is 4.79 Å². The first-order valence-electron chi connectivity index (χ1n) is 10.5. The second-order valence-corrected chi connectivity index (χ2v) is 7.02. The Morgan fingerprint density at radius 1 is 0.625 bits per heavy atom. The predicted molar refractivity (Wildman–Crippen MR) is 106 cm³/mol. The van der Waals surface area contributed by atoms with Crippen molar-refractivity contribution >= 4 is 5.91 Å². The van der Waals surface area contributed by atoms with E-state index in [-0.39, 0.29) is 5.91 Å². The molecule has 0 aromatic heterocycles. The minimum atomic E-state index is -0.179. The molecule has 0 rings (SSSR count). The lowest BCUT2D eigenvalue weighted by molar-refractivity contribution is -0.118. The van der Waals surface area contributed by atoms with Gasteiger partial charge in [0, 0.05) is 19.3 Å². The molecule has 24 heavy (non-hydrogen) atoms. The highest BCUT2D eigenvalue weighted by Gasteiger charge is 1.94. The lowest BCUT2D eigenvalue weighted by Gasteiger charge is -2.01. The minimum Gasteiger partial charge on any atom is -0.370 e. The summed E-state index contributed by atoms with van der Waals surface area (Å²) in [5, 5.41) is 0. The average Bonchev–Trinajstić information content (AvgIpc) is 2.56. The molecular weight excluding hydrogens is 294 g/mol. The van der Waals surface area contributed by atoms with Gasteiger partial charge in [-0.25, -0.2) is 0 Å². The maximum Gasteiger partial charge on any atom is 0.217 e. The first-order valence-corrected chi connectivity index (χ1v) is 10.5. The number of carbonyl (C=O) groups excluding carboxylic acids is 1. The Hall–Kier alpha value is -0.970. The quantitative estimate of drug-likeness (QED) is 0.239. The highest BCUT2D eigenvalue weighted by atomic mass is 16.1. The summed E-state index contributed by atoms with van der Waals surface area (Å²) in [5.74, 6) is 6.40. The van der Waals surface area contributed by atoms with Gasteiger partial charge in [-0.15, -0.1) is 11.8 Å². The van der Waals surface area contributed by atoms with Crippen LogP contribution in [0.1, 0.15) is 122 Å². The largest absolute Gasteiger partial charge is 0.370 e. The van der Waals surface area contributed by atoms with Crippen LogP contribution >= 0.6 is 0 Å². The Morgan fingerprint density at radius 3 is 1.42 bits per heavy atom. The fourth-order valence-electron chi connectivity index (χ4n) is 2.92. The van der Waals surface area contributed by atoms with Crippen LogP contribution in [0.25, 0.3) is 0 Å². The van der Waals surface area contributed by atoms with Crippen LogP contribution in [-0.2, 0) is 4.79 Å². The molecule has 0 heterocycles. The molecule has 0 saturated carbocycles. The Labute approximate surface area is 151 Å². The molecule has 0 saturated heterocycles. The van der Waals surface area contributed by atoms with Crippen molar-refractivity contribution in [3.63, 3.8) is 0 Å². The highest BCUT2D eigenvalue weighted by molar-refractivity contribution is 5.73. The van der Waals surface area contributed by atoms with E-state index in [0.29, 0.717) is 6.42 Å². The van der Waals surface area contributed by atoms with Crippen LogP contribution in [0.3, 0.4) is 0 Å². The molecule has 0 aliphatic heterocycles. The molecule has 0 fully saturated rings. The molecule has 140 valence electrons. The summed E-state index contributed by atoms with van der Waals surface area (Å²) >= 11 is 0. The Kier molecular flexibility index (Phi) is 19.3. The summed E-state index contributed by atoms with van der Waals surface area (Å²) in [6.45, 7) is 2.28. The number of nitrogens with two attached hydrogens (primary N) is 1. The molecule has 0 aromatic carbocycles. The number of carbonyl (C=O) groups is 1. The van der Waals surface area contributed by atoms with Gasteiger partial charge in [0.2, 0.25) is 5.91 Å². The number of hydrogen-bond donors (Lipinski definition) is 1. The van der Waals surface area contributed by atoms with E-state index >= 15 is 0 Å². The summed E-state index contributed by atoms with van der Waals surface area (Å²) in [4.78, 5) is 10.6.